The zero-order chi connectivity index (χ0) is 29.9. The van der Waals surface area contributed by atoms with Crippen molar-refractivity contribution in [2.45, 2.75) is 38.3 Å². The Kier molecular flexibility index (Phi) is 11.7. The third kappa shape index (κ3) is 10.4. The van der Waals surface area contributed by atoms with E-state index >= 15 is 4.39 Å². The zero-order valence-corrected chi connectivity index (χ0v) is 22.5. The number of aliphatic imine (C=N–C) groups is 1. The van der Waals surface area contributed by atoms with E-state index in [4.69, 9.17) is 26.3 Å². The molecule has 2 rings (SSSR count). The van der Waals surface area contributed by atoms with E-state index < -0.39 is 48.1 Å². The third-order valence-corrected chi connectivity index (χ3v) is 5.16. The van der Waals surface area contributed by atoms with Crippen molar-refractivity contribution >= 4 is 41.7 Å². The predicted molar refractivity (Wildman–Crippen MR) is 141 cm³/mol. The number of anilines is 1. The molecule has 0 heterocycles. The molecule has 0 aliphatic heterocycles. The van der Waals surface area contributed by atoms with Crippen LogP contribution >= 0.6 is 11.6 Å². The molecule has 0 bridgehead atoms. The second-order valence-electron chi connectivity index (χ2n) is 9.13. The Bertz CT molecular complexity index is 1210. The summed E-state index contributed by atoms with van der Waals surface area (Å²) in [5.41, 5.74) is 0.440. The highest BCUT2D eigenvalue weighted by Crippen LogP contribution is 2.32. The predicted octanol–water partition coefficient (Wildman–Crippen LogP) is 4.59. The van der Waals surface area contributed by atoms with Gasteiger partial charge in [-0.25, -0.2) is 19.5 Å². The third-order valence-electron chi connectivity index (χ3n) is 4.83. The van der Waals surface area contributed by atoms with E-state index in [1.165, 1.54) is 36.4 Å². The maximum atomic E-state index is 15.2. The second-order valence-corrected chi connectivity index (χ2v) is 9.54. The van der Waals surface area contributed by atoms with Crippen LogP contribution in [0.2, 0.25) is 5.02 Å². The van der Waals surface area contributed by atoms with Gasteiger partial charge in [-0.1, -0.05) is 41.9 Å². The highest BCUT2D eigenvalue weighted by molar-refractivity contribution is 6.31. The van der Waals surface area contributed by atoms with E-state index in [9.17, 15) is 23.2 Å². The first-order chi connectivity index (χ1) is 18.7. The molecule has 11 nitrogen and oxygen atoms in total. The van der Waals surface area contributed by atoms with Crippen LogP contribution < -0.4 is 21.4 Å². The van der Waals surface area contributed by atoms with Gasteiger partial charge in [0, 0.05) is 22.7 Å². The van der Waals surface area contributed by atoms with E-state index in [-0.39, 0.29) is 35.0 Å². The smallest absolute Gasteiger partial charge is 0.434 e. The Balaban J connectivity index is 1.99. The first-order valence-corrected chi connectivity index (χ1v) is 12.1. The molecule has 0 spiro atoms. The van der Waals surface area contributed by atoms with Gasteiger partial charge < -0.3 is 25.3 Å². The molecule has 5 N–H and O–H groups in total. The number of hydrogen-bond acceptors (Lipinski definition) is 7. The lowest BCUT2D eigenvalue weighted by Gasteiger charge is -2.21. The lowest BCUT2D eigenvalue weighted by molar-refractivity contribution is -0.109. The maximum Gasteiger partial charge on any atom is 0.434 e. The minimum Gasteiger partial charge on any atom is -0.463 e. The molecule has 0 aliphatic rings. The van der Waals surface area contributed by atoms with E-state index in [0.29, 0.717) is 6.29 Å². The SMILES string of the molecule is CC(C)(C)OC(=O)NC(=NC(=O)O)NOCCNC(C=O)c1c(Cl)ccc(NCC(F)(F)c2ccccc2)c1F. The summed E-state index contributed by atoms with van der Waals surface area (Å²) in [6.45, 7) is 3.54. The second kappa shape index (κ2) is 14.5. The molecule has 0 fully saturated rings. The van der Waals surface area contributed by atoms with Gasteiger partial charge in [0.15, 0.2) is 5.82 Å². The summed E-state index contributed by atoms with van der Waals surface area (Å²) >= 11 is 6.10. The number of rotatable bonds is 11. The molecule has 0 radical (unpaired) electrons. The quantitative estimate of drug-likeness (QED) is 0.0836. The van der Waals surface area contributed by atoms with Crippen LogP contribution in [0, 0.1) is 5.82 Å². The highest BCUT2D eigenvalue weighted by Gasteiger charge is 2.32. The summed E-state index contributed by atoms with van der Waals surface area (Å²) in [7, 11) is 0. The van der Waals surface area contributed by atoms with E-state index in [0.717, 1.165) is 0 Å². The summed E-state index contributed by atoms with van der Waals surface area (Å²) < 4.78 is 49.3. The molecule has 0 aliphatic carbocycles. The van der Waals surface area contributed by atoms with Gasteiger partial charge in [-0.05, 0) is 32.9 Å². The number of amides is 2. The number of benzene rings is 2. The molecule has 2 aromatic rings. The van der Waals surface area contributed by atoms with Gasteiger partial charge in [-0.2, -0.15) is 8.78 Å². The fourth-order valence-corrected chi connectivity index (χ4v) is 3.42. The van der Waals surface area contributed by atoms with Crippen molar-refractivity contribution in [2.24, 2.45) is 4.99 Å². The minimum atomic E-state index is -3.30. The fraction of sp³-hybridized carbons (Fsp3) is 0.360. The number of carbonyl (C=O) groups is 3. The Morgan fingerprint density at radius 1 is 1.15 bits per heavy atom. The van der Waals surface area contributed by atoms with Crippen molar-refractivity contribution in [3.8, 4) is 0 Å². The van der Waals surface area contributed by atoms with E-state index in [2.05, 4.69) is 26.4 Å². The normalized spacial score (nSPS) is 12.8. The van der Waals surface area contributed by atoms with Crippen molar-refractivity contribution in [1.82, 2.24) is 16.1 Å². The Morgan fingerprint density at radius 3 is 2.42 bits per heavy atom. The molecule has 218 valence electrons. The molecular weight excluding hydrogens is 559 g/mol. The van der Waals surface area contributed by atoms with Crippen molar-refractivity contribution in [3.05, 3.63) is 64.4 Å². The first-order valence-electron chi connectivity index (χ1n) is 11.8. The van der Waals surface area contributed by atoms with Gasteiger partial charge in [0.25, 0.3) is 5.92 Å². The molecule has 2 aromatic carbocycles. The van der Waals surface area contributed by atoms with Gasteiger partial charge >= 0.3 is 12.2 Å². The number of carboxylic acid groups (broad SMARTS) is 1. The average molecular weight is 588 g/mol. The van der Waals surface area contributed by atoms with E-state index in [1.807, 2.05) is 0 Å². The molecule has 1 unspecified atom stereocenters. The molecule has 2 amide bonds. The van der Waals surface area contributed by atoms with Crippen LogP contribution in [0.3, 0.4) is 0 Å². The number of hydrogen-bond donors (Lipinski definition) is 5. The lowest BCUT2D eigenvalue weighted by Crippen LogP contribution is -2.44. The summed E-state index contributed by atoms with van der Waals surface area (Å²) in [5, 5.41) is 15.8. The summed E-state index contributed by atoms with van der Waals surface area (Å²) in [4.78, 5) is 42.6. The van der Waals surface area contributed by atoms with Gasteiger partial charge in [0.2, 0.25) is 5.96 Å². The first kappa shape index (κ1) is 32.3. The number of ether oxygens (including phenoxy) is 1. The van der Waals surface area contributed by atoms with Crippen LogP contribution in [0.5, 0.6) is 0 Å². The number of carbonyl (C=O) groups excluding carboxylic acids is 2. The molecule has 0 saturated carbocycles. The van der Waals surface area contributed by atoms with Crippen LogP contribution in [0.15, 0.2) is 47.5 Å². The van der Waals surface area contributed by atoms with Crippen LogP contribution in [0.25, 0.3) is 0 Å². The Labute approximate surface area is 233 Å². The van der Waals surface area contributed by atoms with Gasteiger partial charge in [-0.3, -0.25) is 10.2 Å². The molecule has 0 aromatic heterocycles. The maximum absolute atomic E-state index is 15.2. The largest absolute Gasteiger partial charge is 0.463 e. The van der Waals surface area contributed by atoms with Gasteiger partial charge in [0.05, 0.1) is 24.9 Å². The minimum absolute atomic E-state index is 0.108. The standard InChI is InChI=1S/C25H29ClF3N5O6/c1-24(2,3)40-23(38)33-21(32-22(36)37)34-39-12-11-30-18(13-35)19-16(26)9-10-17(20(19)27)31-14-25(28,29)15-7-5-4-6-8-15/h4-10,13,18,30-31H,11-12,14H2,1-3H3,(H,36,37)(H2,32,33,34,38). The van der Waals surface area contributed by atoms with Crippen molar-refractivity contribution in [2.75, 3.05) is 25.0 Å². The number of aldehydes is 1. The van der Waals surface area contributed by atoms with Gasteiger partial charge in [0.1, 0.15) is 11.9 Å². The number of alkyl carbamates (subject to hydrolysis) is 1. The number of nitrogens with one attached hydrogen (secondary N) is 4. The van der Waals surface area contributed by atoms with Crippen LogP contribution in [0.4, 0.5) is 28.4 Å². The zero-order valence-electron chi connectivity index (χ0n) is 21.8. The van der Waals surface area contributed by atoms with Crippen molar-refractivity contribution < 1.29 is 42.2 Å². The molecular formula is C25H29ClF3N5O6. The van der Waals surface area contributed by atoms with Crippen molar-refractivity contribution in [3.63, 3.8) is 0 Å². The molecule has 0 saturated heterocycles. The summed E-state index contributed by atoms with van der Waals surface area (Å²) in [5.74, 6) is -4.90. The topological polar surface area (TPSA) is 150 Å². The van der Waals surface area contributed by atoms with Crippen LogP contribution in [-0.2, 0) is 20.3 Å². The Hall–Kier alpha value is -3.88. The number of alkyl halides is 2. The van der Waals surface area contributed by atoms with Gasteiger partial charge in [-0.15, -0.1) is 4.99 Å². The summed E-state index contributed by atoms with van der Waals surface area (Å²) in [6, 6.07) is 8.16. The molecule has 1 atom stereocenters. The fourth-order valence-electron chi connectivity index (χ4n) is 3.16. The monoisotopic (exact) mass is 587 g/mol. The Morgan fingerprint density at radius 2 is 1.82 bits per heavy atom. The lowest BCUT2D eigenvalue weighted by atomic mass is 10.1. The highest BCUT2D eigenvalue weighted by atomic mass is 35.5. The number of guanidine groups is 1. The van der Waals surface area contributed by atoms with Crippen LogP contribution in [-0.4, -0.2) is 54.8 Å². The average Bonchev–Trinajstić information content (AvgIpc) is 2.85. The number of nitrogens with zero attached hydrogens (tertiary/aromatic N) is 1. The molecule has 40 heavy (non-hydrogen) atoms. The number of halogens is 4. The van der Waals surface area contributed by atoms with E-state index in [1.54, 1.807) is 26.8 Å². The van der Waals surface area contributed by atoms with Crippen LogP contribution in [0.1, 0.15) is 37.9 Å². The number of hydroxylamine groups is 1. The molecule has 15 heteroatoms. The summed E-state index contributed by atoms with van der Waals surface area (Å²) in [6.07, 6.45) is -2.27. The van der Waals surface area contributed by atoms with Crippen molar-refractivity contribution in [1.29, 1.82) is 0 Å².